The molecule has 0 aromatic rings. The van der Waals surface area contributed by atoms with Crippen molar-refractivity contribution in [1.82, 2.24) is 5.32 Å². The van der Waals surface area contributed by atoms with E-state index in [1.807, 2.05) is 11.8 Å². The third-order valence-electron chi connectivity index (χ3n) is 2.96. The average molecular weight is 213 g/mol. The molecule has 1 aliphatic carbocycles. The van der Waals surface area contributed by atoms with Gasteiger partial charge in [0.25, 0.3) is 0 Å². The third kappa shape index (κ3) is 4.52. The van der Waals surface area contributed by atoms with E-state index in [-0.39, 0.29) is 0 Å². The molecule has 0 heterocycles. The highest BCUT2D eigenvalue weighted by Crippen LogP contribution is 2.27. The van der Waals surface area contributed by atoms with E-state index in [0.717, 1.165) is 12.6 Å². The van der Waals surface area contributed by atoms with Gasteiger partial charge in [-0.05, 0) is 43.1 Å². The van der Waals surface area contributed by atoms with Crippen LogP contribution in [0, 0.1) is 5.41 Å². The Hall–Kier alpha value is 0.0500. The normalized spacial score (nSPS) is 20.4. The fourth-order valence-electron chi connectivity index (χ4n) is 1.55. The van der Waals surface area contributed by atoms with Crippen LogP contribution in [0.15, 0.2) is 12.7 Å². The third-order valence-corrected chi connectivity index (χ3v) is 3.66. The zero-order valence-corrected chi connectivity index (χ0v) is 10.3. The molecule has 1 rings (SSSR count). The van der Waals surface area contributed by atoms with Crippen LogP contribution in [0.25, 0.3) is 0 Å². The summed E-state index contributed by atoms with van der Waals surface area (Å²) in [7, 11) is 0. The van der Waals surface area contributed by atoms with Crippen molar-refractivity contribution in [3.63, 3.8) is 0 Å². The van der Waals surface area contributed by atoms with Crippen molar-refractivity contribution < 1.29 is 0 Å². The van der Waals surface area contributed by atoms with Crippen LogP contribution in [0.5, 0.6) is 0 Å². The van der Waals surface area contributed by atoms with Gasteiger partial charge in [-0.3, -0.25) is 0 Å². The van der Waals surface area contributed by atoms with E-state index in [1.54, 1.807) is 0 Å². The summed E-state index contributed by atoms with van der Waals surface area (Å²) in [6.07, 6.45) is 9.61. The minimum Gasteiger partial charge on any atom is -0.313 e. The van der Waals surface area contributed by atoms with Gasteiger partial charge in [0.15, 0.2) is 0 Å². The Bertz CT molecular complexity index is 177. The van der Waals surface area contributed by atoms with Crippen molar-refractivity contribution in [1.29, 1.82) is 0 Å². The second kappa shape index (κ2) is 5.82. The highest BCUT2D eigenvalue weighted by molar-refractivity contribution is 7.98. The van der Waals surface area contributed by atoms with Crippen LogP contribution in [-0.2, 0) is 0 Å². The van der Waals surface area contributed by atoms with Gasteiger partial charge in [-0.2, -0.15) is 11.8 Å². The first-order valence-electron chi connectivity index (χ1n) is 5.56. The number of hydrogen-bond acceptors (Lipinski definition) is 2. The van der Waals surface area contributed by atoms with E-state index >= 15 is 0 Å². The first-order chi connectivity index (χ1) is 6.70. The van der Waals surface area contributed by atoms with Gasteiger partial charge in [0.1, 0.15) is 0 Å². The fraction of sp³-hybridized carbons (Fsp3) is 0.833. The van der Waals surface area contributed by atoms with Gasteiger partial charge < -0.3 is 5.32 Å². The zero-order valence-electron chi connectivity index (χ0n) is 9.51. The van der Waals surface area contributed by atoms with Crippen molar-refractivity contribution >= 4 is 11.8 Å². The summed E-state index contributed by atoms with van der Waals surface area (Å²) >= 11 is 1.93. The summed E-state index contributed by atoms with van der Waals surface area (Å²) in [5.74, 6) is 1.27. The maximum Gasteiger partial charge on any atom is 0.00685 e. The lowest BCUT2D eigenvalue weighted by Gasteiger charge is -2.26. The molecule has 0 aromatic carbocycles. The predicted molar refractivity (Wildman–Crippen MR) is 66.9 cm³/mol. The standard InChI is InChI=1S/C12H23NS/c1-4-12(2,8-5-9-14-3)10-13-11-6-7-11/h4,11,13H,1,5-10H2,2-3H3. The Balaban J connectivity index is 2.19. The summed E-state index contributed by atoms with van der Waals surface area (Å²) < 4.78 is 0. The topological polar surface area (TPSA) is 12.0 Å². The Labute approximate surface area is 92.7 Å². The molecule has 0 amide bonds. The maximum atomic E-state index is 3.96. The Kier molecular flexibility index (Phi) is 5.04. The minimum absolute atomic E-state index is 0.304. The van der Waals surface area contributed by atoms with Crippen LogP contribution < -0.4 is 5.32 Å². The number of rotatable bonds is 8. The molecule has 0 aromatic heterocycles. The van der Waals surface area contributed by atoms with E-state index in [1.165, 1.54) is 31.4 Å². The molecule has 1 saturated carbocycles. The lowest BCUT2D eigenvalue weighted by molar-refractivity contribution is 0.360. The van der Waals surface area contributed by atoms with Crippen LogP contribution in [0.1, 0.15) is 32.6 Å². The van der Waals surface area contributed by atoms with Gasteiger partial charge in [-0.15, -0.1) is 6.58 Å². The summed E-state index contributed by atoms with van der Waals surface area (Å²) in [6, 6.07) is 0.815. The van der Waals surface area contributed by atoms with Gasteiger partial charge in [0.05, 0.1) is 0 Å². The molecular weight excluding hydrogens is 190 g/mol. The first kappa shape index (κ1) is 12.1. The van der Waals surface area contributed by atoms with E-state index in [2.05, 4.69) is 31.2 Å². The van der Waals surface area contributed by atoms with E-state index in [4.69, 9.17) is 0 Å². The monoisotopic (exact) mass is 213 g/mol. The summed E-state index contributed by atoms with van der Waals surface area (Å²) in [6.45, 7) is 7.38. The van der Waals surface area contributed by atoms with Crippen molar-refractivity contribution in [3.05, 3.63) is 12.7 Å². The number of hydrogen-bond donors (Lipinski definition) is 1. The Morgan fingerprint density at radius 3 is 2.79 bits per heavy atom. The second-order valence-corrected chi connectivity index (χ2v) is 5.60. The molecule has 0 radical (unpaired) electrons. The second-order valence-electron chi connectivity index (χ2n) is 4.61. The lowest BCUT2D eigenvalue weighted by atomic mass is 9.86. The Morgan fingerprint density at radius 2 is 2.29 bits per heavy atom. The molecule has 0 spiro atoms. The van der Waals surface area contributed by atoms with E-state index in [0.29, 0.717) is 5.41 Å². The van der Waals surface area contributed by atoms with E-state index in [9.17, 15) is 0 Å². The van der Waals surface area contributed by atoms with E-state index < -0.39 is 0 Å². The van der Waals surface area contributed by atoms with Crippen LogP contribution in [-0.4, -0.2) is 24.6 Å². The largest absolute Gasteiger partial charge is 0.313 e. The van der Waals surface area contributed by atoms with Crippen LogP contribution in [0.2, 0.25) is 0 Å². The molecule has 1 N–H and O–H groups in total. The quantitative estimate of drug-likeness (QED) is 0.491. The van der Waals surface area contributed by atoms with Crippen molar-refractivity contribution in [2.24, 2.45) is 5.41 Å². The SMILES string of the molecule is C=CC(C)(CCCSC)CNC1CC1. The van der Waals surface area contributed by atoms with Crippen LogP contribution >= 0.6 is 11.8 Å². The Morgan fingerprint density at radius 1 is 1.57 bits per heavy atom. The molecule has 0 bridgehead atoms. The summed E-state index contributed by atoms with van der Waals surface area (Å²) in [5.41, 5.74) is 0.304. The van der Waals surface area contributed by atoms with Crippen LogP contribution in [0.4, 0.5) is 0 Å². The highest BCUT2D eigenvalue weighted by Gasteiger charge is 2.25. The minimum atomic E-state index is 0.304. The van der Waals surface area contributed by atoms with Crippen molar-refractivity contribution in [2.45, 2.75) is 38.6 Å². The number of thioether (sulfide) groups is 1. The zero-order chi connectivity index (χ0) is 10.4. The highest BCUT2D eigenvalue weighted by atomic mass is 32.2. The van der Waals surface area contributed by atoms with Gasteiger partial charge in [-0.25, -0.2) is 0 Å². The van der Waals surface area contributed by atoms with Gasteiger partial charge in [0.2, 0.25) is 0 Å². The molecule has 1 fully saturated rings. The molecule has 1 atom stereocenters. The fourth-order valence-corrected chi connectivity index (χ4v) is 1.98. The van der Waals surface area contributed by atoms with Gasteiger partial charge in [0, 0.05) is 12.6 Å². The smallest absolute Gasteiger partial charge is 0.00685 e. The number of nitrogens with one attached hydrogen (secondary N) is 1. The summed E-state index contributed by atoms with van der Waals surface area (Å²) in [5, 5.41) is 3.60. The predicted octanol–water partition coefficient (Wildman–Crippen LogP) is 3.07. The van der Waals surface area contributed by atoms with Crippen LogP contribution in [0.3, 0.4) is 0 Å². The van der Waals surface area contributed by atoms with Crippen molar-refractivity contribution in [2.75, 3.05) is 18.6 Å². The molecule has 2 heteroatoms. The molecule has 0 aliphatic heterocycles. The molecule has 1 aliphatic rings. The average Bonchev–Trinajstić information content (AvgIpc) is 2.99. The van der Waals surface area contributed by atoms with Gasteiger partial charge >= 0.3 is 0 Å². The first-order valence-corrected chi connectivity index (χ1v) is 6.95. The molecular formula is C12H23NS. The molecule has 1 nitrogen and oxygen atoms in total. The van der Waals surface area contributed by atoms with Gasteiger partial charge in [-0.1, -0.05) is 13.0 Å². The molecule has 1 unspecified atom stereocenters. The summed E-state index contributed by atoms with van der Waals surface area (Å²) in [4.78, 5) is 0. The molecule has 0 saturated heterocycles. The lowest BCUT2D eigenvalue weighted by Crippen LogP contribution is -2.31. The molecule has 14 heavy (non-hydrogen) atoms. The van der Waals surface area contributed by atoms with Crippen molar-refractivity contribution in [3.8, 4) is 0 Å². The maximum absolute atomic E-state index is 3.96. The molecule has 82 valence electrons.